The van der Waals surface area contributed by atoms with Crippen LogP contribution in [-0.4, -0.2) is 21.5 Å². The second-order valence-electron chi connectivity index (χ2n) is 7.19. The summed E-state index contributed by atoms with van der Waals surface area (Å²) in [5, 5.41) is 0.446. The molecular weight excluding hydrogens is 327 g/mol. The van der Waals surface area contributed by atoms with Gasteiger partial charge in [-0.1, -0.05) is 90.4 Å². The van der Waals surface area contributed by atoms with E-state index in [1.807, 2.05) is 0 Å². The lowest BCUT2D eigenvalue weighted by atomic mass is 10.0. The van der Waals surface area contributed by atoms with Gasteiger partial charge in [-0.25, -0.2) is 0 Å². The van der Waals surface area contributed by atoms with Crippen molar-refractivity contribution in [3.05, 3.63) is 0 Å². The summed E-state index contributed by atoms with van der Waals surface area (Å²) in [6, 6.07) is 0. The lowest BCUT2D eigenvalue weighted by Crippen LogP contribution is -2.05. The van der Waals surface area contributed by atoms with Gasteiger partial charge < -0.3 is 0 Å². The van der Waals surface area contributed by atoms with Gasteiger partial charge >= 0.3 is 0 Å². The Bertz CT molecular complexity index is 210. The van der Waals surface area contributed by atoms with E-state index in [0.717, 1.165) is 11.4 Å². The monoisotopic (exact) mass is 366 g/mol. The third-order valence-corrected chi connectivity index (χ3v) is 6.80. The van der Waals surface area contributed by atoms with Crippen molar-refractivity contribution in [2.75, 3.05) is 5.88 Å². The molecule has 3 heteroatoms. The Labute approximate surface area is 153 Å². The van der Waals surface area contributed by atoms with Crippen LogP contribution in [0.3, 0.4) is 0 Å². The van der Waals surface area contributed by atoms with Gasteiger partial charge in [-0.15, -0.1) is 23.2 Å². The molecule has 0 nitrogen and oxygen atoms in total. The maximum absolute atomic E-state index is 6.30. The van der Waals surface area contributed by atoms with Crippen LogP contribution in [0.4, 0.5) is 0 Å². The van der Waals surface area contributed by atoms with Gasteiger partial charge in [0.1, 0.15) is 0 Å². The molecule has 0 rings (SSSR count). The first-order valence-electron chi connectivity index (χ1n) is 9.88. The number of alkyl halides is 2. The van der Waals surface area contributed by atoms with Crippen LogP contribution in [0.15, 0.2) is 0 Å². The standard InChI is InChI=1S/C19H40Cl2Si/c1-18(22)19(21)16-14-12-10-8-6-4-2-3-5-7-9-11-13-15-17-20/h18-19H,2-17H2,1,22H3. The molecule has 0 amide bonds. The second-order valence-corrected chi connectivity index (χ2v) is 9.95. The summed E-state index contributed by atoms with van der Waals surface area (Å²) in [5.74, 6) is 0.839. The van der Waals surface area contributed by atoms with Gasteiger partial charge in [0.05, 0.1) is 0 Å². The third kappa shape index (κ3) is 17.2. The molecule has 0 heterocycles. The zero-order chi connectivity index (χ0) is 16.5. The van der Waals surface area contributed by atoms with E-state index in [9.17, 15) is 0 Å². The first-order chi connectivity index (χ1) is 10.7. The minimum atomic E-state index is 0.446. The Morgan fingerprint density at radius 3 is 1.27 bits per heavy atom. The predicted octanol–water partition coefficient (Wildman–Crippen LogP) is 6.86. The van der Waals surface area contributed by atoms with E-state index >= 15 is 0 Å². The molecule has 0 bridgehead atoms. The molecule has 0 radical (unpaired) electrons. The highest BCUT2D eigenvalue weighted by Crippen LogP contribution is 2.20. The zero-order valence-corrected chi connectivity index (χ0v) is 18.7. The van der Waals surface area contributed by atoms with E-state index in [2.05, 4.69) is 6.92 Å². The molecule has 0 saturated heterocycles. The Hall–Kier alpha value is 0.797. The summed E-state index contributed by atoms with van der Waals surface area (Å²) in [4.78, 5) is 0. The van der Waals surface area contributed by atoms with Crippen molar-refractivity contribution in [1.82, 2.24) is 0 Å². The van der Waals surface area contributed by atoms with Gasteiger partial charge in [-0.3, -0.25) is 0 Å². The summed E-state index contributed by atoms with van der Waals surface area (Å²) in [6.07, 6.45) is 20.8. The van der Waals surface area contributed by atoms with Gasteiger partial charge in [0, 0.05) is 21.5 Å². The fourth-order valence-corrected chi connectivity index (χ4v) is 3.57. The zero-order valence-electron chi connectivity index (χ0n) is 15.2. The van der Waals surface area contributed by atoms with E-state index in [0.29, 0.717) is 5.38 Å². The van der Waals surface area contributed by atoms with Gasteiger partial charge in [-0.2, -0.15) is 0 Å². The Morgan fingerprint density at radius 2 is 0.955 bits per heavy atom. The van der Waals surface area contributed by atoms with Crippen molar-refractivity contribution in [3.63, 3.8) is 0 Å². The van der Waals surface area contributed by atoms with Crippen LogP contribution in [0.1, 0.15) is 103 Å². The molecule has 134 valence electrons. The van der Waals surface area contributed by atoms with Gasteiger partial charge in [0.2, 0.25) is 0 Å². The molecule has 0 aliphatic heterocycles. The SMILES string of the molecule is CC([SiH3])C(Cl)CCCCCCCCCCCCCCCCCl. The van der Waals surface area contributed by atoms with Crippen LogP contribution < -0.4 is 0 Å². The molecule has 0 aromatic heterocycles. The smallest absolute Gasteiger partial charge is 0.0329 e. The molecular formula is C19H40Cl2Si. The minimum Gasteiger partial charge on any atom is -0.127 e. The topological polar surface area (TPSA) is 0 Å². The maximum atomic E-state index is 6.30. The summed E-state index contributed by atoms with van der Waals surface area (Å²) >= 11 is 12.0. The molecule has 2 atom stereocenters. The molecule has 0 N–H and O–H groups in total. The lowest BCUT2D eigenvalue weighted by Gasteiger charge is -2.12. The number of halogens is 2. The summed E-state index contributed by atoms with van der Waals surface area (Å²) < 4.78 is 0. The number of rotatable bonds is 17. The average molecular weight is 368 g/mol. The molecule has 0 aliphatic rings. The van der Waals surface area contributed by atoms with Crippen LogP contribution in [0.5, 0.6) is 0 Å². The van der Waals surface area contributed by atoms with Crippen LogP contribution in [0, 0.1) is 0 Å². The second kappa shape index (κ2) is 18.1. The third-order valence-electron chi connectivity index (χ3n) is 4.59. The molecule has 2 unspecified atom stereocenters. The van der Waals surface area contributed by atoms with Crippen molar-refractivity contribution in [1.29, 1.82) is 0 Å². The Morgan fingerprint density at radius 1 is 0.636 bits per heavy atom. The highest BCUT2D eigenvalue weighted by atomic mass is 35.5. The van der Waals surface area contributed by atoms with Crippen molar-refractivity contribution in [2.24, 2.45) is 0 Å². The first-order valence-corrected chi connectivity index (χ1v) is 12.0. The fraction of sp³-hybridized carbons (Fsp3) is 1.00. The molecule has 22 heavy (non-hydrogen) atoms. The number of unbranched alkanes of at least 4 members (excludes halogenated alkanes) is 13. The molecule has 0 fully saturated rings. The van der Waals surface area contributed by atoms with Gasteiger partial charge in [0.25, 0.3) is 0 Å². The number of hydrogen-bond donors (Lipinski definition) is 0. The van der Waals surface area contributed by atoms with Gasteiger partial charge in [0.15, 0.2) is 0 Å². The quantitative estimate of drug-likeness (QED) is 0.150. The molecule has 0 aromatic carbocycles. The Kier molecular flexibility index (Phi) is 18.8. The first kappa shape index (κ1) is 22.8. The highest BCUT2D eigenvalue weighted by molar-refractivity contribution is 6.26. The summed E-state index contributed by atoms with van der Waals surface area (Å²) in [7, 11) is 1.24. The largest absolute Gasteiger partial charge is 0.127 e. The van der Waals surface area contributed by atoms with Crippen LogP contribution in [0.25, 0.3) is 0 Å². The van der Waals surface area contributed by atoms with Crippen molar-refractivity contribution < 1.29 is 0 Å². The average Bonchev–Trinajstić information content (AvgIpc) is 2.50. The van der Waals surface area contributed by atoms with E-state index in [1.54, 1.807) is 0 Å². The summed E-state index contributed by atoms with van der Waals surface area (Å²) in [5.41, 5.74) is 0.766. The van der Waals surface area contributed by atoms with E-state index in [1.165, 1.54) is 107 Å². The minimum absolute atomic E-state index is 0.446. The number of hydrogen-bond acceptors (Lipinski definition) is 0. The molecule has 0 aromatic rings. The highest BCUT2D eigenvalue weighted by Gasteiger charge is 2.08. The Balaban J connectivity index is 3.03. The predicted molar refractivity (Wildman–Crippen MR) is 109 cm³/mol. The molecule has 0 saturated carbocycles. The van der Waals surface area contributed by atoms with Crippen LogP contribution in [-0.2, 0) is 0 Å². The lowest BCUT2D eigenvalue weighted by molar-refractivity contribution is 0.530. The maximum Gasteiger partial charge on any atom is 0.0329 e. The molecule has 0 aliphatic carbocycles. The van der Waals surface area contributed by atoms with Crippen molar-refractivity contribution in [2.45, 2.75) is 114 Å². The fourth-order valence-electron chi connectivity index (χ4n) is 2.89. The van der Waals surface area contributed by atoms with Crippen molar-refractivity contribution >= 4 is 33.4 Å². The van der Waals surface area contributed by atoms with Crippen LogP contribution >= 0.6 is 23.2 Å². The van der Waals surface area contributed by atoms with Crippen molar-refractivity contribution in [3.8, 4) is 0 Å². The molecule has 0 spiro atoms. The normalized spacial score (nSPS) is 14.3. The van der Waals surface area contributed by atoms with Gasteiger partial charge in [-0.05, 0) is 18.4 Å². The van der Waals surface area contributed by atoms with E-state index < -0.39 is 0 Å². The summed E-state index contributed by atoms with van der Waals surface area (Å²) in [6.45, 7) is 2.28. The van der Waals surface area contributed by atoms with E-state index in [-0.39, 0.29) is 0 Å². The van der Waals surface area contributed by atoms with E-state index in [4.69, 9.17) is 23.2 Å². The van der Waals surface area contributed by atoms with Crippen LogP contribution in [0.2, 0.25) is 5.54 Å².